The molecule has 142 valence electrons. The highest BCUT2D eigenvalue weighted by molar-refractivity contribution is 9.20. The van der Waals surface area contributed by atoms with Gasteiger partial charge in [0, 0.05) is 5.56 Å². The molecule has 0 bridgehead atoms. The average Bonchev–Trinajstić information content (AvgIpc) is 2.82. The van der Waals surface area contributed by atoms with Gasteiger partial charge in [0.05, 0.1) is 4.20 Å². The summed E-state index contributed by atoms with van der Waals surface area (Å²) in [6.45, 7) is -2.38. The number of benzene rings is 4. The molecule has 0 aliphatic carbocycles. The number of hydrogen-bond donors (Lipinski definition) is 0. The number of hydrogen-bond acceptors (Lipinski definition) is 1. The van der Waals surface area contributed by atoms with E-state index in [-0.39, 0.29) is 5.78 Å². The zero-order chi connectivity index (χ0) is 20.1. The number of halogens is 1. The van der Waals surface area contributed by atoms with Crippen LogP contribution in [0.3, 0.4) is 0 Å². The second-order valence-electron chi connectivity index (χ2n) is 6.66. The molecule has 0 N–H and O–H groups in total. The molecular formula is C26H20BrOP. The first-order valence-electron chi connectivity index (χ1n) is 9.43. The summed E-state index contributed by atoms with van der Waals surface area (Å²) in [5, 5.41) is 3.44. The van der Waals surface area contributed by atoms with Crippen molar-refractivity contribution in [2.45, 2.75) is 0 Å². The molecule has 4 rings (SSSR count). The third-order valence-electron chi connectivity index (χ3n) is 4.95. The van der Waals surface area contributed by atoms with Crippen LogP contribution in [-0.4, -0.2) is 9.99 Å². The molecule has 1 nitrogen and oxygen atoms in total. The predicted octanol–water partition coefficient (Wildman–Crippen LogP) is 5.39. The van der Waals surface area contributed by atoms with Crippen LogP contribution in [0.1, 0.15) is 10.4 Å². The molecule has 29 heavy (non-hydrogen) atoms. The van der Waals surface area contributed by atoms with Crippen molar-refractivity contribution in [3.8, 4) is 0 Å². The Morgan fingerprint density at radius 2 is 0.828 bits per heavy atom. The van der Waals surface area contributed by atoms with Crippen molar-refractivity contribution in [3.05, 3.63) is 127 Å². The lowest BCUT2D eigenvalue weighted by atomic mass is 10.2. The molecule has 0 saturated heterocycles. The van der Waals surface area contributed by atoms with E-state index in [0.717, 1.165) is 15.9 Å². The highest BCUT2D eigenvalue weighted by atomic mass is 79.9. The molecule has 0 fully saturated rings. The van der Waals surface area contributed by atoms with E-state index in [9.17, 15) is 4.79 Å². The Morgan fingerprint density at radius 1 is 0.517 bits per heavy atom. The van der Waals surface area contributed by atoms with Crippen LogP contribution in [-0.2, 0) is 0 Å². The maximum absolute atomic E-state index is 13.7. The molecule has 4 aromatic rings. The van der Waals surface area contributed by atoms with Crippen LogP contribution in [0.2, 0.25) is 0 Å². The third-order valence-corrected chi connectivity index (χ3v) is 10.9. The number of ketones is 1. The lowest BCUT2D eigenvalue weighted by molar-refractivity contribution is 0.107. The Labute approximate surface area is 180 Å². The molecule has 0 atom stereocenters. The Bertz CT molecular complexity index is 1050. The quantitative estimate of drug-likeness (QED) is 0.289. The minimum Gasteiger partial charge on any atom is -0.288 e. The zero-order valence-corrected chi connectivity index (χ0v) is 18.3. The van der Waals surface area contributed by atoms with E-state index in [1.54, 1.807) is 0 Å². The van der Waals surface area contributed by atoms with Crippen molar-refractivity contribution in [2.75, 3.05) is 0 Å². The van der Waals surface area contributed by atoms with Crippen molar-refractivity contribution in [1.29, 1.82) is 0 Å². The van der Waals surface area contributed by atoms with Gasteiger partial charge in [0.2, 0.25) is 5.78 Å². The van der Waals surface area contributed by atoms with Crippen LogP contribution in [0.5, 0.6) is 0 Å². The molecule has 0 saturated carbocycles. The molecule has 0 aliphatic rings. The second-order valence-corrected chi connectivity index (χ2v) is 11.4. The van der Waals surface area contributed by atoms with Gasteiger partial charge in [-0.25, -0.2) is 0 Å². The van der Waals surface area contributed by atoms with Gasteiger partial charge in [-0.3, -0.25) is 4.79 Å². The number of Topliss-reactive ketones (excluding diaryl/α,β-unsaturated/α-hetero) is 1. The van der Waals surface area contributed by atoms with Crippen LogP contribution in [0, 0.1) is 0 Å². The summed E-state index contributed by atoms with van der Waals surface area (Å²) in [6, 6.07) is 40.6. The van der Waals surface area contributed by atoms with Gasteiger partial charge in [-0.2, -0.15) is 0 Å². The molecule has 4 aromatic carbocycles. The van der Waals surface area contributed by atoms with E-state index in [4.69, 9.17) is 0 Å². The average molecular weight is 459 g/mol. The van der Waals surface area contributed by atoms with Crippen LogP contribution in [0.15, 0.2) is 121 Å². The van der Waals surface area contributed by atoms with Crippen molar-refractivity contribution in [3.63, 3.8) is 0 Å². The molecule has 0 radical (unpaired) electrons. The van der Waals surface area contributed by atoms with E-state index >= 15 is 0 Å². The summed E-state index contributed by atoms with van der Waals surface area (Å²) in [6.07, 6.45) is 0. The summed E-state index contributed by atoms with van der Waals surface area (Å²) < 4.78 is 0.708. The molecular weight excluding hydrogens is 439 g/mol. The van der Waals surface area contributed by atoms with Crippen molar-refractivity contribution < 1.29 is 4.79 Å². The fraction of sp³-hybridized carbons (Fsp3) is 0. The lowest BCUT2D eigenvalue weighted by Gasteiger charge is -2.30. The third kappa shape index (κ3) is 3.67. The van der Waals surface area contributed by atoms with Gasteiger partial charge in [0.25, 0.3) is 0 Å². The summed E-state index contributed by atoms with van der Waals surface area (Å²) >= 11 is 3.83. The summed E-state index contributed by atoms with van der Waals surface area (Å²) in [4.78, 5) is 13.7. The predicted molar refractivity (Wildman–Crippen MR) is 130 cm³/mol. The molecule has 0 heterocycles. The first-order valence-corrected chi connectivity index (χ1v) is 12.0. The van der Waals surface area contributed by atoms with Gasteiger partial charge in [-0.05, 0) is 38.7 Å². The summed E-state index contributed by atoms with van der Waals surface area (Å²) in [7, 11) is 0. The van der Waals surface area contributed by atoms with Crippen molar-refractivity contribution in [1.82, 2.24) is 0 Å². The number of carbonyl (C=O) groups is 1. The Hall–Kier alpha value is -2.67. The monoisotopic (exact) mass is 458 g/mol. The van der Waals surface area contributed by atoms with E-state index in [1.165, 1.54) is 0 Å². The van der Waals surface area contributed by atoms with Gasteiger partial charge < -0.3 is 0 Å². The van der Waals surface area contributed by atoms with E-state index < -0.39 is 6.89 Å². The standard InChI is InChI=1S/C26H20BrOP/c27-26(25(28)21-13-5-1-6-14-21)29(22-15-7-2-8-16-22,23-17-9-3-10-18-23)24-19-11-4-12-20-24/h1-20H. The van der Waals surface area contributed by atoms with Crippen LogP contribution in [0.4, 0.5) is 0 Å². The minimum atomic E-state index is -2.38. The lowest BCUT2D eigenvalue weighted by Crippen LogP contribution is -2.31. The first-order chi connectivity index (χ1) is 14.2. The number of rotatable bonds is 5. The van der Waals surface area contributed by atoms with E-state index in [1.807, 2.05) is 84.9 Å². The maximum atomic E-state index is 13.7. The highest BCUT2D eigenvalue weighted by Crippen LogP contribution is 2.48. The summed E-state index contributed by atoms with van der Waals surface area (Å²) in [5.74, 6) is 0.0236. The van der Waals surface area contributed by atoms with Crippen LogP contribution >= 0.6 is 22.8 Å². The zero-order valence-electron chi connectivity index (χ0n) is 15.8. The van der Waals surface area contributed by atoms with Crippen LogP contribution in [0.25, 0.3) is 0 Å². The topological polar surface area (TPSA) is 17.1 Å². The van der Waals surface area contributed by atoms with E-state index in [2.05, 4.69) is 52.3 Å². The normalized spacial score (nSPS) is 11.1. The summed E-state index contributed by atoms with van der Waals surface area (Å²) in [5.41, 5.74) is 0.687. The van der Waals surface area contributed by atoms with Gasteiger partial charge in [0.1, 0.15) is 0 Å². The first kappa shape index (κ1) is 19.6. The van der Waals surface area contributed by atoms with Crippen molar-refractivity contribution in [2.24, 2.45) is 0 Å². The maximum Gasteiger partial charge on any atom is 0.200 e. The highest BCUT2D eigenvalue weighted by Gasteiger charge is 2.32. The molecule has 0 spiro atoms. The molecule has 0 amide bonds. The van der Waals surface area contributed by atoms with E-state index in [0.29, 0.717) is 9.77 Å². The second kappa shape index (κ2) is 8.78. The Morgan fingerprint density at radius 3 is 1.17 bits per heavy atom. The van der Waals surface area contributed by atoms with Gasteiger partial charge >= 0.3 is 0 Å². The smallest absolute Gasteiger partial charge is 0.200 e. The van der Waals surface area contributed by atoms with Gasteiger partial charge in [-0.15, -0.1) is 0 Å². The van der Waals surface area contributed by atoms with Gasteiger partial charge in [0.15, 0.2) is 0 Å². The van der Waals surface area contributed by atoms with Crippen LogP contribution < -0.4 is 15.9 Å². The Kier molecular flexibility index (Phi) is 5.94. The molecule has 3 heteroatoms. The molecule has 0 aliphatic heterocycles. The number of carbonyl (C=O) groups excluding carboxylic acids is 1. The molecule has 0 unspecified atom stereocenters. The minimum absolute atomic E-state index is 0.0236. The van der Waals surface area contributed by atoms with Crippen molar-refractivity contribution >= 4 is 48.7 Å². The fourth-order valence-electron chi connectivity index (χ4n) is 3.60. The molecule has 0 aromatic heterocycles. The SMILES string of the molecule is O=C(C(Br)=P(c1ccccc1)(c1ccccc1)c1ccccc1)c1ccccc1. The van der Waals surface area contributed by atoms with Gasteiger partial charge in [-0.1, -0.05) is 121 Å². The Balaban J connectivity index is 2.15. The largest absolute Gasteiger partial charge is 0.288 e. The fourth-order valence-corrected chi connectivity index (χ4v) is 9.54.